The number of carboxylic acid groups (broad SMARTS) is 1. The number of benzene rings is 1. The van der Waals surface area contributed by atoms with Crippen LogP contribution in [-0.4, -0.2) is 44.3 Å². The van der Waals surface area contributed by atoms with Gasteiger partial charge in [0.25, 0.3) is 0 Å². The van der Waals surface area contributed by atoms with Crippen molar-refractivity contribution < 1.29 is 14.7 Å². The normalized spacial score (nSPS) is 11.1. The molecule has 0 unspecified atom stereocenters. The predicted molar refractivity (Wildman–Crippen MR) is 91.7 cm³/mol. The SMILES string of the molecule is CC(C)N(CCC(=O)O)C(=O)C=Cc1cnn(-c2ccccc2)c1. The summed E-state index contributed by atoms with van der Waals surface area (Å²) in [7, 11) is 0. The summed E-state index contributed by atoms with van der Waals surface area (Å²) in [6, 6.07) is 9.62. The van der Waals surface area contributed by atoms with Gasteiger partial charge in [0, 0.05) is 30.4 Å². The third-order valence-electron chi connectivity index (χ3n) is 3.51. The maximum atomic E-state index is 12.3. The molecule has 6 heteroatoms. The number of hydrogen-bond donors (Lipinski definition) is 1. The van der Waals surface area contributed by atoms with Gasteiger partial charge in [-0.1, -0.05) is 18.2 Å². The summed E-state index contributed by atoms with van der Waals surface area (Å²) >= 11 is 0. The number of para-hydroxylation sites is 1. The molecule has 6 nitrogen and oxygen atoms in total. The number of amides is 1. The first-order chi connectivity index (χ1) is 11.5. The predicted octanol–water partition coefficient (Wildman–Crippen LogP) is 2.60. The number of aliphatic carboxylic acids is 1. The average molecular weight is 327 g/mol. The Balaban J connectivity index is 2.05. The molecular formula is C18H21N3O3. The molecule has 0 atom stereocenters. The van der Waals surface area contributed by atoms with E-state index in [0.717, 1.165) is 11.3 Å². The monoisotopic (exact) mass is 327 g/mol. The molecule has 1 N–H and O–H groups in total. The number of carbonyl (C=O) groups is 2. The third kappa shape index (κ3) is 4.81. The summed E-state index contributed by atoms with van der Waals surface area (Å²) in [6.45, 7) is 3.92. The molecular weight excluding hydrogens is 306 g/mol. The second kappa shape index (κ2) is 8.10. The topological polar surface area (TPSA) is 75.4 Å². The summed E-state index contributed by atoms with van der Waals surface area (Å²) in [5.74, 6) is -1.12. The number of rotatable bonds is 7. The zero-order chi connectivity index (χ0) is 17.5. The molecule has 1 aromatic heterocycles. The van der Waals surface area contributed by atoms with Gasteiger partial charge >= 0.3 is 5.97 Å². The molecule has 0 aliphatic rings. The molecule has 2 aromatic rings. The Morgan fingerprint density at radius 2 is 2.00 bits per heavy atom. The number of aromatic nitrogens is 2. The van der Waals surface area contributed by atoms with Crippen LogP contribution in [0.4, 0.5) is 0 Å². The fourth-order valence-corrected chi connectivity index (χ4v) is 2.25. The van der Waals surface area contributed by atoms with E-state index < -0.39 is 5.97 Å². The molecule has 0 aliphatic heterocycles. The van der Waals surface area contributed by atoms with Gasteiger partial charge in [-0.25, -0.2) is 4.68 Å². The number of nitrogens with zero attached hydrogens (tertiary/aromatic N) is 3. The summed E-state index contributed by atoms with van der Waals surface area (Å²) in [5, 5.41) is 13.0. The lowest BCUT2D eigenvalue weighted by molar-refractivity contribution is -0.138. The van der Waals surface area contributed by atoms with Crippen molar-refractivity contribution in [2.24, 2.45) is 0 Å². The van der Waals surface area contributed by atoms with E-state index in [9.17, 15) is 9.59 Å². The minimum atomic E-state index is -0.915. The molecule has 0 spiro atoms. The molecule has 1 heterocycles. The molecule has 24 heavy (non-hydrogen) atoms. The van der Waals surface area contributed by atoms with Crippen molar-refractivity contribution in [2.75, 3.05) is 6.54 Å². The molecule has 0 fully saturated rings. The van der Waals surface area contributed by atoms with E-state index in [1.54, 1.807) is 17.0 Å². The molecule has 0 aliphatic carbocycles. The molecule has 0 radical (unpaired) electrons. The van der Waals surface area contributed by atoms with Crippen molar-refractivity contribution >= 4 is 18.0 Å². The van der Waals surface area contributed by atoms with Gasteiger partial charge in [-0.3, -0.25) is 9.59 Å². The lowest BCUT2D eigenvalue weighted by atomic mass is 10.2. The van der Waals surface area contributed by atoms with Gasteiger partial charge in [0.15, 0.2) is 0 Å². The minimum Gasteiger partial charge on any atom is -0.481 e. The van der Waals surface area contributed by atoms with Crippen LogP contribution in [0.1, 0.15) is 25.8 Å². The number of carboxylic acids is 1. The molecule has 0 saturated heterocycles. The first kappa shape index (κ1) is 17.5. The van der Waals surface area contributed by atoms with Crippen LogP contribution in [-0.2, 0) is 9.59 Å². The molecule has 2 rings (SSSR count). The van der Waals surface area contributed by atoms with Gasteiger partial charge in [-0.05, 0) is 32.1 Å². The highest BCUT2D eigenvalue weighted by atomic mass is 16.4. The fourth-order valence-electron chi connectivity index (χ4n) is 2.25. The van der Waals surface area contributed by atoms with Crippen LogP contribution < -0.4 is 0 Å². The van der Waals surface area contributed by atoms with E-state index in [4.69, 9.17) is 5.11 Å². The van der Waals surface area contributed by atoms with Gasteiger partial charge in [-0.2, -0.15) is 5.10 Å². The third-order valence-corrected chi connectivity index (χ3v) is 3.51. The zero-order valence-electron chi connectivity index (χ0n) is 13.8. The Morgan fingerprint density at radius 3 is 2.62 bits per heavy atom. The van der Waals surface area contributed by atoms with Crippen molar-refractivity contribution in [3.05, 3.63) is 54.4 Å². The van der Waals surface area contributed by atoms with Crippen LogP contribution in [0.25, 0.3) is 11.8 Å². The van der Waals surface area contributed by atoms with E-state index in [1.165, 1.54) is 11.0 Å². The lowest BCUT2D eigenvalue weighted by Crippen LogP contribution is -2.37. The Morgan fingerprint density at radius 1 is 1.29 bits per heavy atom. The molecule has 1 amide bonds. The van der Waals surface area contributed by atoms with E-state index in [1.807, 2.05) is 50.4 Å². The van der Waals surface area contributed by atoms with Crippen LogP contribution in [0.5, 0.6) is 0 Å². The van der Waals surface area contributed by atoms with E-state index >= 15 is 0 Å². The lowest BCUT2D eigenvalue weighted by Gasteiger charge is -2.24. The molecule has 126 valence electrons. The van der Waals surface area contributed by atoms with Gasteiger partial charge in [0.1, 0.15) is 0 Å². The van der Waals surface area contributed by atoms with Crippen LogP contribution in [0.3, 0.4) is 0 Å². The molecule has 1 aromatic carbocycles. The zero-order valence-corrected chi connectivity index (χ0v) is 13.8. The van der Waals surface area contributed by atoms with Crippen molar-refractivity contribution in [3.8, 4) is 5.69 Å². The van der Waals surface area contributed by atoms with Crippen molar-refractivity contribution in [1.29, 1.82) is 0 Å². The average Bonchev–Trinajstić information content (AvgIpc) is 3.02. The highest BCUT2D eigenvalue weighted by molar-refractivity contribution is 5.92. The quantitative estimate of drug-likeness (QED) is 0.793. The van der Waals surface area contributed by atoms with Crippen LogP contribution in [0.2, 0.25) is 0 Å². The number of carbonyl (C=O) groups excluding carboxylic acids is 1. The van der Waals surface area contributed by atoms with E-state index in [0.29, 0.717) is 0 Å². The van der Waals surface area contributed by atoms with Crippen molar-refractivity contribution in [3.63, 3.8) is 0 Å². The van der Waals surface area contributed by atoms with Crippen molar-refractivity contribution in [1.82, 2.24) is 14.7 Å². The second-order valence-corrected chi connectivity index (χ2v) is 5.66. The van der Waals surface area contributed by atoms with Gasteiger partial charge < -0.3 is 10.0 Å². The first-order valence-corrected chi connectivity index (χ1v) is 7.78. The first-order valence-electron chi connectivity index (χ1n) is 7.78. The minimum absolute atomic E-state index is 0.0615. The number of hydrogen-bond acceptors (Lipinski definition) is 3. The Bertz CT molecular complexity index is 720. The summed E-state index contributed by atoms with van der Waals surface area (Å²) < 4.78 is 1.73. The smallest absolute Gasteiger partial charge is 0.305 e. The summed E-state index contributed by atoms with van der Waals surface area (Å²) in [4.78, 5) is 24.5. The fraction of sp³-hybridized carbons (Fsp3) is 0.278. The molecule has 0 bridgehead atoms. The van der Waals surface area contributed by atoms with E-state index in [-0.39, 0.29) is 24.9 Å². The van der Waals surface area contributed by atoms with Crippen LogP contribution in [0.15, 0.2) is 48.8 Å². The summed E-state index contributed by atoms with van der Waals surface area (Å²) in [6.07, 6.45) is 6.58. The highest BCUT2D eigenvalue weighted by Gasteiger charge is 2.15. The Kier molecular flexibility index (Phi) is 5.89. The standard InChI is InChI=1S/C18H21N3O3/c1-14(2)20(11-10-18(23)24)17(22)9-8-15-12-19-21(13-15)16-6-4-3-5-7-16/h3-9,12-14H,10-11H2,1-2H3,(H,23,24). The van der Waals surface area contributed by atoms with Crippen LogP contribution in [0, 0.1) is 0 Å². The van der Waals surface area contributed by atoms with Gasteiger partial charge in [0.05, 0.1) is 18.3 Å². The Labute approximate surface area is 141 Å². The highest BCUT2D eigenvalue weighted by Crippen LogP contribution is 2.09. The maximum absolute atomic E-state index is 12.3. The van der Waals surface area contributed by atoms with E-state index in [2.05, 4.69) is 5.10 Å². The van der Waals surface area contributed by atoms with Crippen molar-refractivity contribution in [2.45, 2.75) is 26.3 Å². The van der Waals surface area contributed by atoms with Gasteiger partial charge in [0.2, 0.25) is 5.91 Å². The largest absolute Gasteiger partial charge is 0.481 e. The second-order valence-electron chi connectivity index (χ2n) is 5.66. The molecule has 0 saturated carbocycles. The van der Waals surface area contributed by atoms with Gasteiger partial charge in [-0.15, -0.1) is 0 Å². The maximum Gasteiger partial charge on any atom is 0.305 e. The summed E-state index contributed by atoms with van der Waals surface area (Å²) in [5.41, 5.74) is 1.74. The Hall–Kier alpha value is -2.89. The van der Waals surface area contributed by atoms with Crippen LogP contribution >= 0.6 is 0 Å².